The van der Waals surface area contributed by atoms with Crippen LogP contribution in [0.1, 0.15) is 49.1 Å². The van der Waals surface area contributed by atoms with Crippen molar-refractivity contribution >= 4 is 46.6 Å². The largest absolute Gasteiger partial charge is 0.378 e. The second kappa shape index (κ2) is 12.8. The molecule has 1 aliphatic rings. The van der Waals surface area contributed by atoms with Crippen LogP contribution in [0.4, 0.5) is 11.4 Å². The number of anilines is 2. The van der Waals surface area contributed by atoms with Crippen LogP contribution in [0.2, 0.25) is 5.02 Å². The molecule has 3 aromatic rings. The molecule has 1 fully saturated rings. The molecule has 7 nitrogen and oxygen atoms in total. The van der Waals surface area contributed by atoms with E-state index in [-0.39, 0.29) is 17.6 Å². The van der Waals surface area contributed by atoms with E-state index < -0.39 is 5.54 Å². The molecule has 9 heteroatoms. The minimum atomic E-state index is -0.959. The van der Waals surface area contributed by atoms with E-state index in [0.29, 0.717) is 35.3 Å². The van der Waals surface area contributed by atoms with Crippen LogP contribution in [-0.2, 0) is 16.1 Å². The van der Waals surface area contributed by atoms with E-state index in [9.17, 15) is 9.59 Å². The number of nitrogens with zero attached hydrogens (tertiary/aromatic N) is 4. The lowest BCUT2D eigenvalue weighted by Crippen LogP contribution is -2.60. The minimum absolute atomic E-state index is 0.113. The SMILES string of the molecule is Cc1cc(C)nc(SCC(=O)N(Cc2ccc(Cl)cc2)C2(C(=O)Nc3ccc(N(C)C)cc3)CCCCC2)n1. The van der Waals surface area contributed by atoms with Gasteiger partial charge in [0.05, 0.1) is 5.75 Å². The summed E-state index contributed by atoms with van der Waals surface area (Å²) in [5.41, 5.74) is 3.45. The molecule has 206 valence electrons. The molecule has 39 heavy (non-hydrogen) atoms. The van der Waals surface area contributed by atoms with Gasteiger partial charge in [-0.05, 0) is 74.7 Å². The van der Waals surface area contributed by atoms with Gasteiger partial charge in [-0.2, -0.15) is 0 Å². The second-order valence-electron chi connectivity index (χ2n) is 10.3. The first-order valence-electron chi connectivity index (χ1n) is 13.3. The Balaban J connectivity index is 1.64. The van der Waals surface area contributed by atoms with Gasteiger partial charge in [-0.15, -0.1) is 0 Å². The summed E-state index contributed by atoms with van der Waals surface area (Å²) in [6.45, 7) is 4.15. The van der Waals surface area contributed by atoms with Gasteiger partial charge in [0.25, 0.3) is 0 Å². The Morgan fingerprint density at radius 2 is 1.56 bits per heavy atom. The van der Waals surface area contributed by atoms with Crippen LogP contribution in [-0.4, -0.2) is 52.1 Å². The highest BCUT2D eigenvalue weighted by atomic mass is 35.5. The zero-order chi connectivity index (χ0) is 28.0. The molecule has 4 rings (SSSR count). The first-order chi connectivity index (χ1) is 18.7. The Hall–Kier alpha value is -3.10. The van der Waals surface area contributed by atoms with Gasteiger partial charge in [0.15, 0.2) is 5.16 Å². The monoisotopic (exact) mass is 565 g/mol. The van der Waals surface area contributed by atoms with E-state index in [1.807, 2.05) is 87.4 Å². The maximum absolute atomic E-state index is 14.1. The maximum atomic E-state index is 14.1. The molecule has 0 unspecified atom stereocenters. The number of benzene rings is 2. The fourth-order valence-corrected chi connectivity index (χ4v) is 6.01. The number of nitrogens with one attached hydrogen (secondary N) is 1. The van der Waals surface area contributed by atoms with E-state index in [0.717, 1.165) is 41.9 Å². The van der Waals surface area contributed by atoms with Crippen molar-refractivity contribution in [3.8, 4) is 0 Å². The topological polar surface area (TPSA) is 78.4 Å². The Kier molecular flexibility index (Phi) is 9.51. The van der Waals surface area contributed by atoms with Crippen molar-refractivity contribution in [2.45, 2.75) is 63.2 Å². The van der Waals surface area contributed by atoms with Gasteiger partial charge in [0, 0.05) is 48.4 Å². The Morgan fingerprint density at radius 3 is 2.15 bits per heavy atom. The van der Waals surface area contributed by atoms with Gasteiger partial charge in [0.2, 0.25) is 11.8 Å². The fourth-order valence-electron chi connectivity index (χ4n) is 5.06. The standard InChI is InChI=1S/C30H36ClN5O2S/c1-21-18-22(2)33-29(32-21)39-20-27(37)36(19-23-8-10-24(31)11-9-23)30(16-6-5-7-17-30)28(38)34-25-12-14-26(15-13-25)35(3)4/h8-15,18H,5-7,16-17,19-20H2,1-4H3,(H,34,38). The summed E-state index contributed by atoms with van der Waals surface area (Å²) in [6, 6.07) is 17.1. The number of aryl methyl sites for hydroxylation is 2. The van der Waals surface area contributed by atoms with Gasteiger partial charge < -0.3 is 15.1 Å². The normalized spacial score (nSPS) is 14.5. The summed E-state index contributed by atoms with van der Waals surface area (Å²) < 4.78 is 0. The molecule has 0 spiro atoms. The van der Waals surface area contributed by atoms with Crippen LogP contribution in [0.25, 0.3) is 0 Å². The smallest absolute Gasteiger partial charge is 0.250 e. The van der Waals surface area contributed by atoms with Crippen LogP contribution < -0.4 is 10.2 Å². The van der Waals surface area contributed by atoms with E-state index in [1.54, 1.807) is 4.90 Å². The summed E-state index contributed by atoms with van der Waals surface area (Å²) in [7, 11) is 3.96. The molecule has 1 aliphatic carbocycles. The third-order valence-electron chi connectivity index (χ3n) is 7.10. The second-order valence-corrected chi connectivity index (χ2v) is 11.7. The Bertz CT molecular complexity index is 1270. The lowest BCUT2D eigenvalue weighted by molar-refractivity contribution is -0.146. The van der Waals surface area contributed by atoms with Gasteiger partial charge in [-0.1, -0.05) is 54.8 Å². The number of carbonyl (C=O) groups is 2. The summed E-state index contributed by atoms with van der Waals surface area (Å²) in [5.74, 6) is -0.115. The predicted molar refractivity (Wildman–Crippen MR) is 159 cm³/mol. The molecule has 1 heterocycles. The van der Waals surface area contributed by atoms with Crippen LogP contribution in [0, 0.1) is 13.8 Å². The molecule has 0 radical (unpaired) electrons. The molecular formula is C30H36ClN5O2S. The number of rotatable bonds is 9. The number of halogens is 1. The molecule has 0 atom stereocenters. The number of hydrogen-bond acceptors (Lipinski definition) is 6. The van der Waals surface area contributed by atoms with Crippen LogP contribution in [0.15, 0.2) is 59.8 Å². The molecular weight excluding hydrogens is 530 g/mol. The minimum Gasteiger partial charge on any atom is -0.378 e. The van der Waals surface area contributed by atoms with Crippen LogP contribution >= 0.6 is 23.4 Å². The van der Waals surface area contributed by atoms with Crippen molar-refractivity contribution in [3.05, 3.63) is 76.6 Å². The third kappa shape index (κ3) is 7.31. The van der Waals surface area contributed by atoms with Gasteiger partial charge in [-0.3, -0.25) is 9.59 Å². The zero-order valence-electron chi connectivity index (χ0n) is 23.0. The molecule has 0 aliphatic heterocycles. The average Bonchev–Trinajstić information content (AvgIpc) is 2.91. The van der Waals surface area contributed by atoms with E-state index in [4.69, 9.17) is 11.6 Å². The van der Waals surface area contributed by atoms with Crippen molar-refractivity contribution in [3.63, 3.8) is 0 Å². The third-order valence-corrected chi connectivity index (χ3v) is 8.19. The summed E-state index contributed by atoms with van der Waals surface area (Å²) >= 11 is 7.45. The zero-order valence-corrected chi connectivity index (χ0v) is 24.6. The predicted octanol–water partition coefficient (Wildman–Crippen LogP) is 6.28. The first-order valence-corrected chi connectivity index (χ1v) is 14.6. The molecule has 1 aromatic heterocycles. The van der Waals surface area contributed by atoms with Crippen LogP contribution in [0.5, 0.6) is 0 Å². The number of hydrogen-bond donors (Lipinski definition) is 1. The Labute approximate surface area is 240 Å². The van der Waals surface area contributed by atoms with Crippen molar-refractivity contribution in [1.82, 2.24) is 14.9 Å². The van der Waals surface area contributed by atoms with Crippen LogP contribution in [0.3, 0.4) is 0 Å². The van der Waals surface area contributed by atoms with Gasteiger partial charge >= 0.3 is 0 Å². The highest BCUT2D eigenvalue weighted by Crippen LogP contribution is 2.37. The Morgan fingerprint density at radius 1 is 0.949 bits per heavy atom. The molecule has 2 amide bonds. The quantitative estimate of drug-likeness (QED) is 0.243. The summed E-state index contributed by atoms with van der Waals surface area (Å²) in [5, 5.41) is 4.33. The summed E-state index contributed by atoms with van der Waals surface area (Å²) in [4.78, 5) is 40.8. The molecule has 1 saturated carbocycles. The maximum Gasteiger partial charge on any atom is 0.250 e. The highest BCUT2D eigenvalue weighted by Gasteiger charge is 2.47. The molecule has 0 saturated heterocycles. The van der Waals surface area contributed by atoms with Gasteiger partial charge in [-0.25, -0.2) is 9.97 Å². The van der Waals surface area contributed by atoms with E-state index in [2.05, 4.69) is 15.3 Å². The first kappa shape index (κ1) is 28.9. The molecule has 0 bridgehead atoms. The lowest BCUT2D eigenvalue weighted by atomic mass is 9.79. The van der Waals surface area contributed by atoms with Gasteiger partial charge in [0.1, 0.15) is 5.54 Å². The van der Waals surface area contributed by atoms with E-state index in [1.165, 1.54) is 11.8 Å². The molecule has 1 N–H and O–H groups in total. The number of aromatic nitrogens is 2. The van der Waals surface area contributed by atoms with Crippen molar-refractivity contribution in [1.29, 1.82) is 0 Å². The van der Waals surface area contributed by atoms with Crippen molar-refractivity contribution in [2.24, 2.45) is 0 Å². The summed E-state index contributed by atoms with van der Waals surface area (Å²) in [6.07, 6.45) is 4.02. The molecule has 2 aromatic carbocycles. The average molecular weight is 566 g/mol. The number of carbonyl (C=O) groups excluding carboxylic acids is 2. The lowest BCUT2D eigenvalue weighted by Gasteiger charge is -2.45. The van der Waals surface area contributed by atoms with Crippen molar-refractivity contribution < 1.29 is 9.59 Å². The fraction of sp³-hybridized carbons (Fsp3) is 0.400. The number of amides is 2. The highest BCUT2D eigenvalue weighted by molar-refractivity contribution is 7.99. The number of thioether (sulfide) groups is 1. The van der Waals surface area contributed by atoms with E-state index >= 15 is 0 Å². The van der Waals surface area contributed by atoms with Crippen molar-refractivity contribution in [2.75, 3.05) is 30.1 Å².